The maximum Gasteiger partial charge on any atom is 0.215 e. The van der Waals surface area contributed by atoms with Crippen LogP contribution in [0.5, 0.6) is 0 Å². The summed E-state index contributed by atoms with van der Waals surface area (Å²) in [6.45, 7) is 2.32. The van der Waals surface area contributed by atoms with Crippen LogP contribution in [0.4, 0.5) is 0 Å². The van der Waals surface area contributed by atoms with Gasteiger partial charge in [-0.25, -0.2) is 13.1 Å². The molecule has 0 saturated heterocycles. The van der Waals surface area contributed by atoms with Gasteiger partial charge in [-0.2, -0.15) is 0 Å². The summed E-state index contributed by atoms with van der Waals surface area (Å²) in [7, 11) is -3.29. The summed E-state index contributed by atoms with van der Waals surface area (Å²) in [6.07, 6.45) is 4.07. The second-order valence-electron chi connectivity index (χ2n) is 4.69. The molecule has 0 spiro atoms. The smallest absolute Gasteiger partial charge is 0.215 e. The van der Waals surface area contributed by atoms with Gasteiger partial charge >= 0.3 is 0 Å². The highest BCUT2D eigenvalue weighted by Crippen LogP contribution is 2.10. The standard InChI is InChI=1S/C15H18N2O2S/c1-13-4-2-3-5-15(13)12-20(18,19)17-11-8-14-6-9-16-10-7-14/h2-7,9-10,17H,8,11-12H2,1H3. The quantitative estimate of drug-likeness (QED) is 0.886. The van der Waals surface area contributed by atoms with Crippen LogP contribution in [0.15, 0.2) is 48.8 Å². The van der Waals surface area contributed by atoms with Crippen molar-refractivity contribution in [1.29, 1.82) is 0 Å². The summed E-state index contributed by atoms with van der Waals surface area (Å²) >= 11 is 0. The molecular weight excluding hydrogens is 272 g/mol. The van der Waals surface area contributed by atoms with Crippen LogP contribution in [0.3, 0.4) is 0 Å². The Morgan fingerprint density at radius 1 is 1.10 bits per heavy atom. The molecule has 20 heavy (non-hydrogen) atoms. The van der Waals surface area contributed by atoms with Crippen molar-refractivity contribution in [2.45, 2.75) is 19.1 Å². The number of benzene rings is 1. The van der Waals surface area contributed by atoms with Crippen molar-refractivity contribution >= 4 is 10.0 Å². The Bertz CT molecular complexity index is 655. The topological polar surface area (TPSA) is 59.1 Å². The monoisotopic (exact) mass is 290 g/mol. The molecule has 0 aliphatic rings. The van der Waals surface area contributed by atoms with Crippen molar-refractivity contribution < 1.29 is 8.42 Å². The lowest BCUT2D eigenvalue weighted by Gasteiger charge is -2.08. The van der Waals surface area contributed by atoms with Crippen molar-refractivity contribution in [1.82, 2.24) is 9.71 Å². The fraction of sp³-hybridized carbons (Fsp3) is 0.267. The van der Waals surface area contributed by atoms with Gasteiger partial charge in [-0.15, -0.1) is 0 Å². The molecule has 0 saturated carbocycles. The molecule has 4 nitrogen and oxygen atoms in total. The van der Waals surface area contributed by atoms with E-state index in [0.717, 1.165) is 16.7 Å². The minimum Gasteiger partial charge on any atom is -0.265 e. The highest BCUT2D eigenvalue weighted by atomic mass is 32.2. The molecule has 1 heterocycles. The van der Waals surface area contributed by atoms with E-state index in [0.29, 0.717) is 13.0 Å². The van der Waals surface area contributed by atoms with E-state index in [1.54, 1.807) is 12.4 Å². The van der Waals surface area contributed by atoms with Gasteiger partial charge in [0.25, 0.3) is 0 Å². The number of rotatable bonds is 6. The van der Waals surface area contributed by atoms with Crippen LogP contribution in [-0.2, 0) is 22.2 Å². The zero-order chi connectivity index (χ0) is 14.4. The lowest BCUT2D eigenvalue weighted by Crippen LogP contribution is -2.27. The van der Waals surface area contributed by atoms with E-state index in [4.69, 9.17) is 0 Å². The summed E-state index contributed by atoms with van der Waals surface area (Å²) in [5.74, 6) is 0.0238. The van der Waals surface area contributed by atoms with Gasteiger partial charge in [0.1, 0.15) is 0 Å². The zero-order valence-corrected chi connectivity index (χ0v) is 12.2. The van der Waals surface area contributed by atoms with Crippen LogP contribution < -0.4 is 4.72 Å². The molecule has 1 aromatic heterocycles. The second-order valence-corrected chi connectivity index (χ2v) is 6.49. The molecule has 0 aliphatic carbocycles. The van der Waals surface area contributed by atoms with Crippen molar-refractivity contribution in [3.63, 3.8) is 0 Å². The largest absolute Gasteiger partial charge is 0.265 e. The minimum absolute atomic E-state index is 0.0238. The maximum absolute atomic E-state index is 12.0. The molecular formula is C15H18N2O2S. The Morgan fingerprint density at radius 3 is 2.50 bits per heavy atom. The van der Waals surface area contributed by atoms with E-state index in [9.17, 15) is 8.42 Å². The average molecular weight is 290 g/mol. The van der Waals surface area contributed by atoms with E-state index in [1.807, 2.05) is 43.3 Å². The molecule has 0 radical (unpaired) electrons. The number of hydrogen-bond donors (Lipinski definition) is 1. The van der Waals surface area contributed by atoms with Crippen LogP contribution in [0.2, 0.25) is 0 Å². The first-order valence-electron chi connectivity index (χ1n) is 6.47. The fourth-order valence-corrected chi connectivity index (χ4v) is 3.18. The van der Waals surface area contributed by atoms with E-state index in [1.165, 1.54) is 0 Å². The SMILES string of the molecule is Cc1ccccc1CS(=O)(=O)NCCc1ccncc1. The molecule has 106 valence electrons. The number of pyridine rings is 1. The number of aromatic nitrogens is 1. The number of nitrogens with zero attached hydrogens (tertiary/aromatic N) is 1. The van der Waals surface area contributed by atoms with Gasteiger partial charge in [0.05, 0.1) is 5.75 Å². The molecule has 2 aromatic rings. The molecule has 0 bridgehead atoms. The lowest BCUT2D eigenvalue weighted by atomic mass is 10.1. The van der Waals surface area contributed by atoms with E-state index in [2.05, 4.69) is 9.71 Å². The molecule has 0 unspecified atom stereocenters. The summed E-state index contributed by atoms with van der Waals surface area (Å²) < 4.78 is 26.7. The number of nitrogens with one attached hydrogen (secondary N) is 1. The highest BCUT2D eigenvalue weighted by molar-refractivity contribution is 7.88. The zero-order valence-electron chi connectivity index (χ0n) is 11.4. The molecule has 1 N–H and O–H groups in total. The Kier molecular flexibility index (Phi) is 4.87. The first-order valence-corrected chi connectivity index (χ1v) is 8.13. The molecule has 0 amide bonds. The normalized spacial score (nSPS) is 11.4. The van der Waals surface area contributed by atoms with Crippen molar-refractivity contribution in [2.24, 2.45) is 0 Å². The summed E-state index contributed by atoms with van der Waals surface area (Å²) in [5, 5.41) is 0. The van der Waals surface area contributed by atoms with Crippen LogP contribution in [0.25, 0.3) is 0 Å². The molecule has 1 aromatic carbocycles. The maximum atomic E-state index is 12.0. The Balaban J connectivity index is 1.90. The van der Waals surface area contributed by atoms with Crippen molar-refractivity contribution in [3.8, 4) is 0 Å². The van der Waals surface area contributed by atoms with Crippen LogP contribution in [0, 0.1) is 6.92 Å². The van der Waals surface area contributed by atoms with Gasteiger partial charge in [0, 0.05) is 18.9 Å². The Hall–Kier alpha value is -1.72. The van der Waals surface area contributed by atoms with Crippen LogP contribution >= 0.6 is 0 Å². The highest BCUT2D eigenvalue weighted by Gasteiger charge is 2.12. The predicted molar refractivity (Wildman–Crippen MR) is 79.7 cm³/mol. The minimum atomic E-state index is -3.29. The van der Waals surface area contributed by atoms with Crippen molar-refractivity contribution in [2.75, 3.05) is 6.54 Å². The Labute approximate surface area is 119 Å². The van der Waals surface area contributed by atoms with Gasteiger partial charge < -0.3 is 0 Å². The Morgan fingerprint density at radius 2 is 1.80 bits per heavy atom. The van der Waals surface area contributed by atoms with Gasteiger partial charge in [0.2, 0.25) is 10.0 Å². The molecule has 0 atom stereocenters. The second kappa shape index (κ2) is 6.63. The number of aryl methyl sites for hydroxylation is 1. The van der Waals surface area contributed by atoms with Crippen molar-refractivity contribution in [3.05, 3.63) is 65.5 Å². The third kappa shape index (κ3) is 4.43. The third-order valence-corrected chi connectivity index (χ3v) is 4.43. The van der Waals surface area contributed by atoms with Gasteiger partial charge in [-0.05, 0) is 42.2 Å². The first kappa shape index (κ1) is 14.7. The molecule has 0 fully saturated rings. The summed E-state index contributed by atoms with van der Waals surface area (Å²) in [5.41, 5.74) is 2.90. The van der Waals surface area contributed by atoms with E-state index in [-0.39, 0.29) is 5.75 Å². The van der Waals surface area contributed by atoms with Gasteiger partial charge in [-0.3, -0.25) is 4.98 Å². The van der Waals surface area contributed by atoms with E-state index < -0.39 is 10.0 Å². The molecule has 5 heteroatoms. The average Bonchev–Trinajstić information content (AvgIpc) is 2.42. The predicted octanol–water partition coefficient (Wildman–Crippen LogP) is 2.05. The summed E-state index contributed by atoms with van der Waals surface area (Å²) in [4.78, 5) is 3.93. The third-order valence-electron chi connectivity index (χ3n) is 3.09. The summed E-state index contributed by atoms with van der Waals surface area (Å²) in [6, 6.07) is 11.3. The first-order chi connectivity index (χ1) is 9.57. The number of hydrogen-bond acceptors (Lipinski definition) is 3. The lowest BCUT2D eigenvalue weighted by molar-refractivity contribution is 0.580. The van der Waals surface area contributed by atoms with Crippen LogP contribution in [-0.4, -0.2) is 19.9 Å². The number of sulfonamides is 1. The molecule has 0 aliphatic heterocycles. The van der Waals surface area contributed by atoms with Gasteiger partial charge in [0.15, 0.2) is 0 Å². The fourth-order valence-electron chi connectivity index (χ4n) is 1.93. The van der Waals surface area contributed by atoms with Crippen LogP contribution in [0.1, 0.15) is 16.7 Å². The van der Waals surface area contributed by atoms with E-state index >= 15 is 0 Å². The molecule has 2 rings (SSSR count). The van der Waals surface area contributed by atoms with Gasteiger partial charge in [-0.1, -0.05) is 24.3 Å².